The molecular formula is C26H28N4OS. The van der Waals surface area contributed by atoms with Gasteiger partial charge in [-0.05, 0) is 74.4 Å². The summed E-state index contributed by atoms with van der Waals surface area (Å²) in [6.07, 6.45) is 2.70. The van der Waals surface area contributed by atoms with Crippen LogP contribution in [-0.4, -0.2) is 33.6 Å². The number of ether oxygens (including phenoxy) is 1. The number of anilines is 1. The van der Waals surface area contributed by atoms with Crippen molar-refractivity contribution in [3.63, 3.8) is 0 Å². The molecule has 0 saturated heterocycles. The molecule has 0 spiro atoms. The summed E-state index contributed by atoms with van der Waals surface area (Å²) in [5.74, 6) is 0.791. The number of benzene rings is 2. The Kier molecular flexibility index (Phi) is 6.71. The number of hydrogen-bond donors (Lipinski definition) is 2. The molecule has 0 aliphatic heterocycles. The minimum Gasteiger partial charge on any atom is -0.497 e. The molecule has 0 radical (unpaired) electrons. The molecule has 0 amide bonds. The number of hydrogen-bond acceptors (Lipinski definition) is 3. The van der Waals surface area contributed by atoms with Crippen molar-refractivity contribution in [3.05, 3.63) is 89.4 Å². The summed E-state index contributed by atoms with van der Waals surface area (Å²) in [7, 11) is 1.66. The highest BCUT2D eigenvalue weighted by atomic mass is 32.1. The summed E-state index contributed by atoms with van der Waals surface area (Å²) in [5, 5.41) is 5.32. The topological polar surface area (TPSA) is 53.2 Å². The van der Waals surface area contributed by atoms with Gasteiger partial charge in [-0.2, -0.15) is 0 Å². The predicted octanol–water partition coefficient (Wildman–Crippen LogP) is 5.63. The number of H-pyrrole nitrogens is 1. The Morgan fingerprint density at radius 2 is 1.97 bits per heavy atom. The average Bonchev–Trinajstić information content (AvgIpc) is 3.11. The van der Waals surface area contributed by atoms with Gasteiger partial charge in [-0.1, -0.05) is 23.8 Å². The third-order valence-corrected chi connectivity index (χ3v) is 5.95. The van der Waals surface area contributed by atoms with E-state index in [1.54, 1.807) is 7.11 Å². The summed E-state index contributed by atoms with van der Waals surface area (Å²) < 4.78 is 5.34. The molecule has 0 aliphatic carbocycles. The molecule has 2 aromatic heterocycles. The number of nitrogens with one attached hydrogen (secondary N) is 2. The quantitative estimate of drug-likeness (QED) is 0.362. The Labute approximate surface area is 194 Å². The van der Waals surface area contributed by atoms with Gasteiger partial charge in [0, 0.05) is 41.1 Å². The molecule has 4 aromatic rings. The summed E-state index contributed by atoms with van der Waals surface area (Å²) in [6, 6.07) is 20.3. The van der Waals surface area contributed by atoms with Crippen LogP contribution in [0.4, 0.5) is 5.69 Å². The zero-order valence-electron chi connectivity index (χ0n) is 18.7. The normalized spacial score (nSPS) is 10.8. The van der Waals surface area contributed by atoms with E-state index in [-0.39, 0.29) is 0 Å². The fourth-order valence-corrected chi connectivity index (χ4v) is 4.18. The first kappa shape index (κ1) is 21.8. The van der Waals surface area contributed by atoms with E-state index in [0.29, 0.717) is 11.7 Å². The van der Waals surface area contributed by atoms with Crippen LogP contribution in [0.5, 0.6) is 5.75 Å². The van der Waals surface area contributed by atoms with Crippen LogP contribution >= 0.6 is 12.2 Å². The number of pyridine rings is 1. The van der Waals surface area contributed by atoms with E-state index >= 15 is 0 Å². The Morgan fingerprint density at radius 1 is 1.09 bits per heavy atom. The molecule has 0 atom stereocenters. The lowest BCUT2D eigenvalue weighted by Gasteiger charge is -2.26. The van der Waals surface area contributed by atoms with Crippen LogP contribution in [0.3, 0.4) is 0 Å². The van der Waals surface area contributed by atoms with E-state index in [1.807, 2.05) is 48.7 Å². The number of methoxy groups -OCH3 is 1. The van der Waals surface area contributed by atoms with Crippen molar-refractivity contribution in [2.75, 3.05) is 19.0 Å². The number of aryl methyl sites for hydroxylation is 2. The highest BCUT2D eigenvalue weighted by Crippen LogP contribution is 2.24. The molecule has 6 heteroatoms. The smallest absolute Gasteiger partial charge is 0.173 e. The lowest BCUT2D eigenvalue weighted by molar-refractivity contribution is 0.414. The maximum atomic E-state index is 5.82. The number of thiocarbonyl (C=S) groups is 1. The van der Waals surface area contributed by atoms with Gasteiger partial charge in [0.25, 0.3) is 0 Å². The summed E-state index contributed by atoms with van der Waals surface area (Å²) in [6.45, 7) is 5.68. The monoisotopic (exact) mass is 444 g/mol. The van der Waals surface area contributed by atoms with Crippen molar-refractivity contribution in [2.24, 2.45) is 0 Å². The molecular weight excluding hydrogens is 416 g/mol. The largest absolute Gasteiger partial charge is 0.497 e. The molecule has 4 rings (SSSR count). The maximum Gasteiger partial charge on any atom is 0.173 e. The lowest BCUT2D eigenvalue weighted by atomic mass is 10.1. The van der Waals surface area contributed by atoms with Gasteiger partial charge in [-0.3, -0.25) is 4.98 Å². The van der Waals surface area contributed by atoms with Gasteiger partial charge >= 0.3 is 0 Å². The molecule has 2 aromatic carbocycles. The molecule has 32 heavy (non-hydrogen) atoms. The highest BCUT2D eigenvalue weighted by Gasteiger charge is 2.15. The first-order valence-electron chi connectivity index (χ1n) is 10.7. The maximum absolute atomic E-state index is 5.82. The van der Waals surface area contributed by atoms with Crippen molar-refractivity contribution in [1.82, 2.24) is 14.9 Å². The van der Waals surface area contributed by atoms with Crippen LogP contribution in [0.15, 0.2) is 66.9 Å². The zero-order valence-corrected chi connectivity index (χ0v) is 19.5. The fraction of sp³-hybridized carbons (Fsp3) is 0.231. The molecule has 0 saturated carbocycles. The fourth-order valence-electron chi connectivity index (χ4n) is 3.91. The highest BCUT2D eigenvalue weighted by molar-refractivity contribution is 7.80. The SMILES string of the molecule is COc1cccc(NC(=S)N(CCc2c(C)[nH]c3ccc(C)cc23)Cc2ccccn2)c1. The first-order chi connectivity index (χ1) is 15.5. The van der Waals surface area contributed by atoms with Gasteiger partial charge in [0.2, 0.25) is 0 Å². The summed E-state index contributed by atoms with van der Waals surface area (Å²) >= 11 is 5.82. The van der Waals surface area contributed by atoms with Crippen LogP contribution in [0.25, 0.3) is 10.9 Å². The average molecular weight is 445 g/mol. The summed E-state index contributed by atoms with van der Waals surface area (Å²) in [4.78, 5) is 10.2. The van der Waals surface area contributed by atoms with Gasteiger partial charge in [-0.25, -0.2) is 0 Å². The van der Waals surface area contributed by atoms with Crippen LogP contribution < -0.4 is 10.1 Å². The minimum absolute atomic E-state index is 0.636. The van der Waals surface area contributed by atoms with E-state index < -0.39 is 0 Å². The van der Waals surface area contributed by atoms with Gasteiger partial charge in [0.15, 0.2) is 5.11 Å². The van der Waals surface area contributed by atoms with Crippen LogP contribution in [-0.2, 0) is 13.0 Å². The predicted molar refractivity (Wildman–Crippen MR) is 135 cm³/mol. The molecule has 2 N–H and O–H groups in total. The second-order valence-corrected chi connectivity index (χ2v) is 8.32. The van der Waals surface area contributed by atoms with E-state index in [9.17, 15) is 0 Å². The van der Waals surface area contributed by atoms with Crippen molar-refractivity contribution < 1.29 is 4.74 Å². The number of aromatic nitrogens is 2. The van der Waals surface area contributed by atoms with E-state index in [1.165, 1.54) is 27.7 Å². The Balaban J connectivity index is 1.56. The zero-order chi connectivity index (χ0) is 22.5. The van der Waals surface area contributed by atoms with Crippen LogP contribution in [0.2, 0.25) is 0 Å². The summed E-state index contributed by atoms with van der Waals surface area (Å²) in [5.41, 5.74) is 6.86. The van der Waals surface area contributed by atoms with Gasteiger partial charge in [0.05, 0.1) is 19.3 Å². The second-order valence-electron chi connectivity index (χ2n) is 7.93. The molecule has 0 unspecified atom stereocenters. The van der Waals surface area contributed by atoms with Gasteiger partial charge in [0.1, 0.15) is 5.75 Å². The number of aromatic amines is 1. The second kappa shape index (κ2) is 9.83. The van der Waals surface area contributed by atoms with Crippen molar-refractivity contribution in [1.29, 1.82) is 0 Å². The van der Waals surface area contributed by atoms with Crippen LogP contribution in [0, 0.1) is 13.8 Å². The van der Waals surface area contributed by atoms with Crippen LogP contribution in [0.1, 0.15) is 22.5 Å². The number of fused-ring (bicyclic) bond motifs is 1. The van der Waals surface area contributed by atoms with Crippen molar-refractivity contribution in [3.8, 4) is 5.75 Å². The van der Waals surface area contributed by atoms with E-state index in [2.05, 4.69) is 52.2 Å². The third kappa shape index (κ3) is 5.08. The molecule has 164 valence electrons. The third-order valence-electron chi connectivity index (χ3n) is 5.59. The molecule has 0 fully saturated rings. The molecule has 5 nitrogen and oxygen atoms in total. The number of rotatable bonds is 7. The Hall–Kier alpha value is -3.38. The van der Waals surface area contributed by atoms with Gasteiger partial charge < -0.3 is 19.9 Å². The first-order valence-corrected chi connectivity index (χ1v) is 11.1. The van der Waals surface area contributed by atoms with Gasteiger partial charge in [-0.15, -0.1) is 0 Å². The standard InChI is InChI=1S/C26H28N4OS/c1-18-10-11-25-24(15-18)23(19(2)28-25)12-14-30(17-21-7-4-5-13-27-21)26(32)29-20-8-6-9-22(16-20)31-3/h4-11,13,15-16,28H,12,14,17H2,1-3H3,(H,29,32). The molecule has 0 bridgehead atoms. The van der Waals surface area contributed by atoms with E-state index in [0.717, 1.165) is 30.1 Å². The lowest BCUT2D eigenvalue weighted by Crippen LogP contribution is -2.36. The molecule has 2 heterocycles. The minimum atomic E-state index is 0.636. The number of nitrogens with zero attached hydrogens (tertiary/aromatic N) is 2. The van der Waals surface area contributed by atoms with Crippen molar-refractivity contribution >= 4 is 33.9 Å². The van der Waals surface area contributed by atoms with E-state index in [4.69, 9.17) is 17.0 Å². The molecule has 0 aliphatic rings. The Morgan fingerprint density at radius 3 is 2.75 bits per heavy atom. The van der Waals surface area contributed by atoms with Crippen molar-refractivity contribution in [2.45, 2.75) is 26.8 Å². The Bertz CT molecular complexity index is 1220.